The topological polar surface area (TPSA) is 26.0 Å². The second-order valence-electron chi connectivity index (χ2n) is 7.33. The Bertz CT molecular complexity index is 204. The van der Waals surface area contributed by atoms with Crippen molar-refractivity contribution in [2.75, 3.05) is 6.54 Å². The summed E-state index contributed by atoms with van der Waals surface area (Å²) in [4.78, 5) is 0. The Balaban J connectivity index is 2.23. The van der Waals surface area contributed by atoms with Crippen molar-refractivity contribution in [2.24, 2.45) is 17.6 Å². The number of nitrogens with two attached hydrogens (primary N) is 1. The standard InChI is InChI=1S/C20H41N/c1-2-19(15-11-9-6-10-14-18-21)20-16-12-7-4-3-5-8-13-17-20/h19-20H,2-18,21H2,1H3. The van der Waals surface area contributed by atoms with E-state index in [1.807, 2.05) is 0 Å². The van der Waals surface area contributed by atoms with Crippen LogP contribution in [0.2, 0.25) is 0 Å². The first kappa shape index (κ1) is 19.0. The van der Waals surface area contributed by atoms with Gasteiger partial charge in [-0.05, 0) is 24.8 Å². The Labute approximate surface area is 134 Å². The molecule has 1 rings (SSSR count). The van der Waals surface area contributed by atoms with Crippen LogP contribution in [0.3, 0.4) is 0 Å². The maximum absolute atomic E-state index is 5.56. The summed E-state index contributed by atoms with van der Waals surface area (Å²) in [5, 5.41) is 0. The molecule has 2 N–H and O–H groups in total. The van der Waals surface area contributed by atoms with Gasteiger partial charge in [-0.3, -0.25) is 0 Å². The largest absolute Gasteiger partial charge is 0.330 e. The van der Waals surface area contributed by atoms with Gasteiger partial charge in [-0.2, -0.15) is 0 Å². The minimum atomic E-state index is 0.875. The van der Waals surface area contributed by atoms with Crippen LogP contribution in [0.5, 0.6) is 0 Å². The molecule has 0 aromatic carbocycles. The smallest absolute Gasteiger partial charge is 0.00773 e. The summed E-state index contributed by atoms with van der Waals surface area (Å²) in [6.45, 7) is 3.30. The number of hydrogen-bond donors (Lipinski definition) is 1. The van der Waals surface area contributed by atoms with Crippen LogP contribution in [0.25, 0.3) is 0 Å². The fourth-order valence-corrected chi connectivity index (χ4v) is 4.17. The molecular weight excluding hydrogens is 254 g/mol. The van der Waals surface area contributed by atoms with E-state index in [0.29, 0.717) is 0 Å². The van der Waals surface area contributed by atoms with E-state index in [1.54, 1.807) is 0 Å². The molecule has 1 saturated carbocycles. The molecule has 0 radical (unpaired) electrons. The van der Waals surface area contributed by atoms with Gasteiger partial charge in [-0.15, -0.1) is 0 Å². The van der Waals surface area contributed by atoms with Crippen molar-refractivity contribution in [3.8, 4) is 0 Å². The minimum Gasteiger partial charge on any atom is -0.330 e. The van der Waals surface area contributed by atoms with Crippen molar-refractivity contribution in [1.29, 1.82) is 0 Å². The highest BCUT2D eigenvalue weighted by atomic mass is 14.5. The van der Waals surface area contributed by atoms with Gasteiger partial charge in [-0.25, -0.2) is 0 Å². The van der Waals surface area contributed by atoms with E-state index in [0.717, 1.165) is 18.4 Å². The molecule has 1 aliphatic rings. The van der Waals surface area contributed by atoms with E-state index in [1.165, 1.54) is 103 Å². The third-order valence-electron chi connectivity index (χ3n) is 5.62. The normalized spacial score (nSPS) is 20.3. The van der Waals surface area contributed by atoms with Crippen molar-refractivity contribution in [3.05, 3.63) is 0 Å². The lowest BCUT2D eigenvalue weighted by Crippen LogP contribution is -2.15. The summed E-state index contributed by atoms with van der Waals surface area (Å²) in [5.41, 5.74) is 5.56. The lowest BCUT2D eigenvalue weighted by Gasteiger charge is -2.27. The van der Waals surface area contributed by atoms with E-state index >= 15 is 0 Å². The molecule has 0 spiro atoms. The molecule has 0 aromatic rings. The Morgan fingerprint density at radius 1 is 0.762 bits per heavy atom. The van der Waals surface area contributed by atoms with Gasteiger partial charge in [0.1, 0.15) is 0 Å². The molecule has 0 saturated heterocycles. The van der Waals surface area contributed by atoms with Crippen LogP contribution >= 0.6 is 0 Å². The monoisotopic (exact) mass is 295 g/mol. The van der Waals surface area contributed by atoms with E-state index in [-0.39, 0.29) is 0 Å². The zero-order valence-electron chi connectivity index (χ0n) is 14.8. The highest BCUT2D eigenvalue weighted by molar-refractivity contribution is 4.71. The van der Waals surface area contributed by atoms with Crippen LogP contribution in [-0.2, 0) is 0 Å². The fourth-order valence-electron chi connectivity index (χ4n) is 4.17. The Kier molecular flexibility index (Phi) is 12.3. The Morgan fingerprint density at radius 2 is 1.29 bits per heavy atom. The van der Waals surface area contributed by atoms with Gasteiger partial charge in [0.25, 0.3) is 0 Å². The number of unbranched alkanes of at least 4 members (excludes halogenated alkanes) is 4. The number of rotatable bonds is 9. The quantitative estimate of drug-likeness (QED) is 0.486. The highest BCUT2D eigenvalue weighted by Crippen LogP contribution is 2.32. The van der Waals surface area contributed by atoms with Crippen LogP contribution < -0.4 is 5.73 Å². The summed E-state index contributed by atoms with van der Waals surface area (Å²) in [6.07, 6.45) is 23.2. The lowest BCUT2D eigenvalue weighted by molar-refractivity contribution is 0.245. The Hall–Kier alpha value is -0.0400. The third-order valence-corrected chi connectivity index (χ3v) is 5.62. The molecule has 1 fully saturated rings. The molecule has 1 nitrogen and oxygen atoms in total. The predicted octanol–water partition coefficient (Wildman–Crippen LogP) is 6.45. The predicted molar refractivity (Wildman–Crippen MR) is 95.6 cm³/mol. The summed E-state index contributed by atoms with van der Waals surface area (Å²) in [6, 6.07) is 0. The summed E-state index contributed by atoms with van der Waals surface area (Å²) >= 11 is 0. The van der Waals surface area contributed by atoms with Crippen molar-refractivity contribution >= 4 is 0 Å². The van der Waals surface area contributed by atoms with Gasteiger partial charge in [-0.1, -0.05) is 103 Å². The molecule has 1 unspecified atom stereocenters. The summed E-state index contributed by atoms with van der Waals surface area (Å²) in [7, 11) is 0. The second-order valence-corrected chi connectivity index (χ2v) is 7.33. The minimum absolute atomic E-state index is 0.875. The van der Waals surface area contributed by atoms with Crippen LogP contribution in [0.1, 0.15) is 110 Å². The fraction of sp³-hybridized carbons (Fsp3) is 1.00. The maximum atomic E-state index is 5.56. The molecule has 1 atom stereocenters. The molecule has 1 aliphatic carbocycles. The van der Waals surface area contributed by atoms with E-state index in [4.69, 9.17) is 5.73 Å². The Morgan fingerprint density at radius 3 is 1.86 bits per heavy atom. The summed E-state index contributed by atoms with van der Waals surface area (Å²) in [5.74, 6) is 2.05. The van der Waals surface area contributed by atoms with Crippen LogP contribution in [0.4, 0.5) is 0 Å². The first-order chi connectivity index (χ1) is 10.4. The lowest BCUT2D eigenvalue weighted by atomic mass is 9.79. The van der Waals surface area contributed by atoms with Gasteiger partial charge in [0.2, 0.25) is 0 Å². The molecule has 0 bridgehead atoms. The first-order valence-corrected chi connectivity index (χ1v) is 10.1. The van der Waals surface area contributed by atoms with Gasteiger partial charge < -0.3 is 5.73 Å². The molecule has 21 heavy (non-hydrogen) atoms. The van der Waals surface area contributed by atoms with Gasteiger partial charge >= 0.3 is 0 Å². The zero-order valence-corrected chi connectivity index (χ0v) is 14.8. The van der Waals surface area contributed by atoms with Crippen molar-refractivity contribution in [2.45, 2.75) is 110 Å². The molecule has 126 valence electrons. The molecule has 1 heteroatoms. The van der Waals surface area contributed by atoms with Crippen LogP contribution in [-0.4, -0.2) is 6.54 Å². The van der Waals surface area contributed by atoms with E-state index < -0.39 is 0 Å². The van der Waals surface area contributed by atoms with Gasteiger partial charge in [0.05, 0.1) is 0 Å². The average molecular weight is 296 g/mol. The van der Waals surface area contributed by atoms with Crippen molar-refractivity contribution < 1.29 is 0 Å². The second kappa shape index (κ2) is 13.6. The SMILES string of the molecule is CCC(CCCCCCCN)C1CCCCCCCCC1. The van der Waals surface area contributed by atoms with Gasteiger partial charge in [0.15, 0.2) is 0 Å². The molecule has 0 amide bonds. The van der Waals surface area contributed by atoms with Crippen molar-refractivity contribution in [3.63, 3.8) is 0 Å². The molecule has 0 aromatic heterocycles. The molecule has 0 aliphatic heterocycles. The van der Waals surface area contributed by atoms with Crippen LogP contribution in [0.15, 0.2) is 0 Å². The van der Waals surface area contributed by atoms with E-state index in [9.17, 15) is 0 Å². The number of hydrogen-bond acceptors (Lipinski definition) is 1. The molecule has 0 heterocycles. The third kappa shape index (κ3) is 9.55. The van der Waals surface area contributed by atoms with E-state index in [2.05, 4.69) is 6.92 Å². The first-order valence-electron chi connectivity index (χ1n) is 10.1. The van der Waals surface area contributed by atoms with Crippen molar-refractivity contribution in [1.82, 2.24) is 0 Å². The highest BCUT2D eigenvalue weighted by Gasteiger charge is 2.19. The maximum Gasteiger partial charge on any atom is -0.00773 e. The van der Waals surface area contributed by atoms with Crippen LogP contribution in [0, 0.1) is 11.8 Å². The summed E-state index contributed by atoms with van der Waals surface area (Å²) < 4.78 is 0. The zero-order chi connectivity index (χ0) is 15.2. The van der Waals surface area contributed by atoms with Gasteiger partial charge in [0, 0.05) is 0 Å². The average Bonchev–Trinajstić information content (AvgIpc) is 2.52. The molecular formula is C20H41N.